The summed E-state index contributed by atoms with van der Waals surface area (Å²) in [5.41, 5.74) is 0.495. The van der Waals surface area contributed by atoms with Crippen molar-refractivity contribution in [2.24, 2.45) is 0 Å². The van der Waals surface area contributed by atoms with Crippen molar-refractivity contribution < 1.29 is 31.5 Å². The molecule has 0 atom stereocenters. The molecule has 1 fully saturated rings. The standard InChI is InChI=1S/C18H18F2N2O5S/c19-18(20)27-15-3-1-2-14(12-15)21-17(23)13-4-6-16(7-5-13)28(24,25)22-8-10-26-11-9-22/h1-7,12,18H,8-11H2,(H,21,23). The van der Waals surface area contributed by atoms with Crippen LogP contribution in [0.4, 0.5) is 14.5 Å². The van der Waals surface area contributed by atoms with Crippen molar-refractivity contribution in [2.45, 2.75) is 11.5 Å². The topological polar surface area (TPSA) is 84.9 Å². The third-order valence-corrected chi connectivity index (χ3v) is 5.95. The van der Waals surface area contributed by atoms with E-state index in [4.69, 9.17) is 4.74 Å². The molecule has 0 bridgehead atoms. The maximum absolute atomic E-state index is 12.6. The van der Waals surface area contributed by atoms with Gasteiger partial charge in [-0.25, -0.2) is 8.42 Å². The third kappa shape index (κ3) is 4.83. The molecule has 150 valence electrons. The highest BCUT2D eigenvalue weighted by Gasteiger charge is 2.26. The smallest absolute Gasteiger partial charge is 0.387 e. The van der Waals surface area contributed by atoms with Crippen molar-refractivity contribution >= 4 is 21.6 Å². The quantitative estimate of drug-likeness (QED) is 0.788. The molecule has 0 unspecified atom stereocenters. The molecule has 28 heavy (non-hydrogen) atoms. The lowest BCUT2D eigenvalue weighted by atomic mass is 10.2. The van der Waals surface area contributed by atoms with Gasteiger partial charge in [0.15, 0.2) is 0 Å². The number of nitrogens with one attached hydrogen (secondary N) is 1. The first-order valence-electron chi connectivity index (χ1n) is 8.40. The van der Waals surface area contributed by atoms with Crippen LogP contribution in [0.1, 0.15) is 10.4 Å². The van der Waals surface area contributed by atoms with Crippen molar-refractivity contribution in [1.82, 2.24) is 4.31 Å². The van der Waals surface area contributed by atoms with Gasteiger partial charge in [0.1, 0.15) is 5.75 Å². The first kappa shape index (κ1) is 20.2. The molecule has 1 aliphatic heterocycles. The number of carbonyl (C=O) groups excluding carboxylic acids is 1. The van der Waals surface area contributed by atoms with Gasteiger partial charge in [-0.05, 0) is 36.4 Å². The van der Waals surface area contributed by atoms with Crippen molar-refractivity contribution in [2.75, 3.05) is 31.6 Å². The molecule has 1 amide bonds. The van der Waals surface area contributed by atoms with Gasteiger partial charge in [0.25, 0.3) is 5.91 Å². The molecule has 10 heteroatoms. The van der Waals surface area contributed by atoms with E-state index in [1.54, 1.807) is 0 Å². The van der Waals surface area contributed by atoms with Gasteiger partial charge < -0.3 is 14.8 Å². The van der Waals surface area contributed by atoms with Gasteiger partial charge in [-0.15, -0.1) is 0 Å². The second-order valence-electron chi connectivity index (χ2n) is 5.90. The SMILES string of the molecule is O=C(Nc1cccc(OC(F)F)c1)c1ccc(S(=O)(=O)N2CCOCC2)cc1. The first-order chi connectivity index (χ1) is 13.4. The van der Waals surface area contributed by atoms with E-state index in [9.17, 15) is 22.0 Å². The molecular weight excluding hydrogens is 394 g/mol. The summed E-state index contributed by atoms with van der Waals surface area (Å²) >= 11 is 0. The number of benzene rings is 2. The Kier molecular flexibility index (Phi) is 6.22. The van der Waals surface area contributed by atoms with Crippen LogP contribution in [0, 0.1) is 0 Å². The molecule has 1 heterocycles. The van der Waals surface area contributed by atoms with Crippen LogP contribution in [0.25, 0.3) is 0 Å². The molecule has 0 radical (unpaired) electrons. The molecule has 1 aliphatic rings. The zero-order valence-electron chi connectivity index (χ0n) is 14.7. The molecule has 3 rings (SSSR count). The van der Waals surface area contributed by atoms with E-state index in [-0.39, 0.29) is 35.0 Å². The summed E-state index contributed by atoms with van der Waals surface area (Å²) < 4.78 is 60.5. The number of amides is 1. The minimum Gasteiger partial charge on any atom is -0.435 e. The van der Waals surface area contributed by atoms with Gasteiger partial charge in [0, 0.05) is 30.4 Å². The monoisotopic (exact) mass is 412 g/mol. The fourth-order valence-corrected chi connectivity index (χ4v) is 4.08. The van der Waals surface area contributed by atoms with Crippen LogP contribution < -0.4 is 10.1 Å². The van der Waals surface area contributed by atoms with Crippen LogP contribution in [0.15, 0.2) is 53.4 Å². The lowest BCUT2D eigenvalue weighted by Gasteiger charge is -2.26. The number of nitrogens with zero attached hydrogens (tertiary/aromatic N) is 1. The Hall–Kier alpha value is -2.56. The minimum absolute atomic E-state index is 0.0817. The van der Waals surface area contributed by atoms with Crippen LogP contribution in [0.5, 0.6) is 5.75 Å². The number of alkyl halides is 2. The minimum atomic E-state index is -3.65. The predicted molar refractivity (Wildman–Crippen MR) is 97.0 cm³/mol. The third-order valence-electron chi connectivity index (χ3n) is 4.04. The van der Waals surface area contributed by atoms with Gasteiger partial charge in [0.05, 0.1) is 18.1 Å². The lowest BCUT2D eigenvalue weighted by Crippen LogP contribution is -2.40. The van der Waals surface area contributed by atoms with E-state index < -0.39 is 22.5 Å². The van der Waals surface area contributed by atoms with E-state index in [0.717, 1.165) is 0 Å². The summed E-state index contributed by atoms with van der Waals surface area (Å²) in [6, 6.07) is 11.1. The molecule has 1 N–H and O–H groups in total. The maximum Gasteiger partial charge on any atom is 0.387 e. The van der Waals surface area contributed by atoms with Crippen molar-refractivity contribution in [3.8, 4) is 5.75 Å². The molecular formula is C18H18F2N2O5S. The Morgan fingerprint density at radius 1 is 1.11 bits per heavy atom. The zero-order chi connectivity index (χ0) is 20.1. The van der Waals surface area contributed by atoms with Crippen LogP contribution in [0.3, 0.4) is 0 Å². The number of halogens is 2. The summed E-state index contributed by atoms with van der Waals surface area (Å²) in [5, 5.41) is 2.55. The van der Waals surface area contributed by atoms with E-state index in [1.165, 1.54) is 52.8 Å². The van der Waals surface area contributed by atoms with Crippen molar-refractivity contribution in [3.63, 3.8) is 0 Å². The van der Waals surface area contributed by atoms with Gasteiger partial charge in [-0.1, -0.05) is 6.07 Å². The first-order valence-corrected chi connectivity index (χ1v) is 9.84. The van der Waals surface area contributed by atoms with E-state index in [2.05, 4.69) is 10.1 Å². The summed E-state index contributed by atoms with van der Waals surface area (Å²) in [6.45, 7) is -1.72. The molecule has 2 aromatic rings. The summed E-state index contributed by atoms with van der Waals surface area (Å²) in [6.07, 6.45) is 0. The number of ether oxygens (including phenoxy) is 2. The molecule has 1 saturated heterocycles. The van der Waals surface area contributed by atoms with Crippen LogP contribution in [-0.2, 0) is 14.8 Å². The van der Waals surface area contributed by atoms with E-state index in [1.807, 2.05) is 0 Å². The van der Waals surface area contributed by atoms with Crippen LogP contribution >= 0.6 is 0 Å². The number of anilines is 1. The van der Waals surface area contributed by atoms with Crippen LogP contribution in [-0.4, -0.2) is 51.5 Å². The highest BCUT2D eigenvalue weighted by molar-refractivity contribution is 7.89. The molecule has 0 aliphatic carbocycles. The van der Waals surface area contributed by atoms with Gasteiger partial charge in [0.2, 0.25) is 10.0 Å². The fraction of sp³-hybridized carbons (Fsp3) is 0.278. The summed E-state index contributed by atoms with van der Waals surface area (Å²) in [4.78, 5) is 12.4. The van der Waals surface area contributed by atoms with Gasteiger partial charge in [-0.2, -0.15) is 13.1 Å². The Labute approximate surface area is 160 Å². The Bertz CT molecular complexity index is 929. The molecule has 0 spiro atoms. The largest absolute Gasteiger partial charge is 0.435 e. The van der Waals surface area contributed by atoms with Crippen molar-refractivity contribution in [1.29, 1.82) is 0 Å². The number of morpholine rings is 1. The fourth-order valence-electron chi connectivity index (χ4n) is 2.67. The van der Waals surface area contributed by atoms with Crippen LogP contribution in [0.2, 0.25) is 0 Å². The summed E-state index contributed by atoms with van der Waals surface area (Å²) in [5.74, 6) is -0.593. The zero-order valence-corrected chi connectivity index (χ0v) is 15.5. The lowest BCUT2D eigenvalue weighted by molar-refractivity contribution is -0.0498. The van der Waals surface area contributed by atoms with Gasteiger partial charge in [-0.3, -0.25) is 4.79 Å². The average molecular weight is 412 g/mol. The van der Waals surface area contributed by atoms with Crippen molar-refractivity contribution in [3.05, 3.63) is 54.1 Å². The number of hydrogen-bond donors (Lipinski definition) is 1. The number of carbonyl (C=O) groups is 1. The predicted octanol–water partition coefficient (Wildman–Crippen LogP) is 2.56. The molecule has 0 saturated carbocycles. The molecule has 2 aromatic carbocycles. The van der Waals surface area contributed by atoms with E-state index >= 15 is 0 Å². The Morgan fingerprint density at radius 2 is 1.79 bits per heavy atom. The maximum atomic E-state index is 12.6. The average Bonchev–Trinajstić information content (AvgIpc) is 2.68. The summed E-state index contributed by atoms with van der Waals surface area (Å²) in [7, 11) is -3.65. The highest BCUT2D eigenvalue weighted by Crippen LogP contribution is 2.21. The van der Waals surface area contributed by atoms with Gasteiger partial charge >= 0.3 is 6.61 Å². The number of rotatable bonds is 6. The molecule has 7 nitrogen and oxygen atoms in total. The highest BCUT2D eigenvalue weighted by atomic mass is 32.2. The normalized spacial score (nSPS) is 15.4. The van der Waals surface area contributed by atoms with E-state index in [0.29, 0.717) is 13.2 Å². The Morgan fingerprint density at radius 3 is 2.43 bits per heavy atom. The Balaban J connectivity index is 1.70. The second kappa shape index (κ2) is 8.63. The molecule has 0 aromatic heterocycles. The number of hydrogen-bond acceptors (Lipinski definition) is 5. The second-order valence-corrected chi connectivity index (χ2v) is 7.84. The number of sulfonamides is 1.